The van der Waals surface area contributed by atoms with Crippen LogP contribution in [0.15, 0.2) is 84.0 Å². The van der Waals surface area contributed by atoms with E-state index in [0.717, 1.165) is 21.8 Å². The first-order chi connectivity index (χ1) is 14.1. The maximum atomic E-state index is 13.5. The monoisotopic (exact) mass is 405 g/mol. The van der Waals surface area contributed by atoms with Gasteiger partial charge in [-0.2, -0.15) is 0 Å². The van der Waals surface area contributed by atoms with Crippen molar-refractivity contribution >= 4 is 23.3 Å². The van der Waals surface area contributed by atoms with Crippen LogP contribution in [-0.4, -0.2) is 15.3 Å². The Kier molecular flexibility index (Phi) is 5.62. The average Bonchev–Trinajstić information content (AvgIpc) is 3.15. The van der Waals surface area contributed by atoms with Gasteiger partial charge in [-0.3, -0.25) is 4.79 Å². The smallest absolute Gasteiger partial charge is 0.252 e. The van der Waals surface area contributed by atoms with Crippen molar-refractivity contribution in [3.05, 3.63) is 102 Å². The number of benzene rings is 2. The van der Waals surface area contributed by atoms with Gasteiger partial charge in [0.05, 0.1) is 17.3 Å². The Morgan fingerprint density at radius 2 is 1.97 bits per heavy atom. The van der Waals surface area contributed by atoms with Crippen LogP contribution in [0.4, 0.5) is 4.39 Å². The van der Waals surface area contributed by atoms with E-state index < -0.39 is 0 Å². The highest BCUT2D eigenvalue weighted by Gasteiger charge is 2.15. The second kappa shape index (κ2) is 8.49. The largest absolute Gasteiger partial charge is 0.345 e. The molecule has 6 heteroatoms. The minimum absolute atomic E-state index is 0.181. The number of rotatable bonds is 6. The van der Waals surface area contributed by atoms with Crippen molar-refractivity contribution in [3.63, 3.8) is 0 Å². The van der Waals surface area contributed by atoms with Gasteiger partial charge < -0.3 is 9.72 Å². The molecule has 0 aliphatic carbocycles. The molecule has 2 aromatic heterocycles. The van der Waals surface area contributed by atoms with Crippen molar-refractivity contribution < 1.29 is 9.18 Å². The van der Waals surface area contributed by atoms with E-state index >= 15 is 0 Å². The summed E-state index contributed by atoms with van der Waals surface area (Å²) in [7, 11) is 0. The Morgan fingerprint density at radius 3 is 2.79 bits per heavy atom. The van der Waals surface area contributed by atoms with Crippen LogP contribution < -0.4 is 5.32 Å². The van der Waals surface area contributed by atoms with E-state index in [1.54, 1.807) is 30.0 Å². The van der Waals surface area contributed by atoms with Crippen LogP contribution in [0, 0.1) is 5.82 Å². The molecule has 0 bridgehead atoms. The highest BCUT2D eigenvalue weighted by Crippen LogP contribution is 2.27. The molecular formula is C23H20FN3OS. The van der Waals surface area contributed by atoms with Crippen molar-refractivity contribution in [2.45, 2.75) is 23.6 Å². The van der Waals surface area contributed by atoms with E-state index in [-0.39, 0.29) is 17.8 Å². The third-order valence-corrected chi connectivity index (χ3v) is 5.72. The number of imidazole rings is 1. The summed E-state index contributed by atoms with van der Waals surface area (Å²) in [6.45, 7) is 1.85. The number of aromatic nitrogens is 2. The van der Waals surface area contributed by atoms with Gasteiger partial charge in [0.2, 0.25) is 0 Å². The molecule has 1 amide bonds. The lowest BCUT2D eigenvalue weighted by Gasteiger charge is -2.16. The van der Waals surface area contributed by atoms with Crippen molar-refractivity contribution in [2.75, 3.05) is 0 Å². The minimum Gasteiger partial charge on any atom is -0.345 e. The molecule has 2 heterocycles. The van der Waals surface area contributed by atoms with E-state index in [2.05, 4.69) is 10.3 Å². The molecule has 1 atom stereocenters. The average molecular weight is 405 g/mol. The van der Waals surface area contributed by atoms with Crippen LogP contribution in [0.5, 0.6) is 0 Å². The maximum Gasteiger partial charge on any atom is 0.252 e. The van der Waals surface area contributed by atoms with Gasteiger partial charge >= 0.3 is 0 Å². The molecule has 0 fully saturated rings. The zero-order chi connectivity index (χ0) is 20.2. The summed E-state index contributed by atoms with van der Waals surface area (Å²) in [5, 5.41) is 2.96. The van der Waals surface area contributed by atoms with Crippen LogP contribution in [-0.2, 0) is 5.75 Å². The molecule has 0 radical (unpaired) electrons. The zero-order valence-electron chi connectivity index (χ0n) is 15.9. The molecule has 0 aliphatic heterocycles. The Hall–Kier alpha value is -3.12. The SMILES string of the molecule is CC(NC(=O)c1ccccc1SCc1cn2ccccc2n1)c1cccc(F)c1. The standard InChI is InChI=1S/C23H20FN3OS/c1-16(17-7-6-8-18(24)13-17)25-23(28)20-9-2-3-10-21(20)29-15-19-14-27-12-5-4-11-22(27)26-19/h2-14,16H,15H2,1H3,(H,25,28). The van der Waals surface area contributed by atoms with Crippen molar-refractivity contribution in [1.29, 1.82) is 0 Å². The van der Waals surface area contributed by atoms with Gasteiger partial charge in [0.25, 0.3) is 5.91 Å². The summed E-state index contributed by atoms with van der Waals surface area (Å²) in [6.07, 6.45) is 3.96. The summed E-state index contributed by atoms with van der Waals surface area (Å²) in [6, 6.07) is 19.4. The molecule has 146 valence electrons. The molecule has 29 heavy (non-hydrogen) atoms. The molecule has 4 aromatic rings. The highest BCUT2D eigenvalue weighted by atomic mass is 32.2. The fraction of sp³-hybridized carbons (Fsp3) is 0.130. The van der Waals surface area contributed by atoms with Crippen LogP contribution in [0.2, 0.25) is 0 Å². The fourth-order valence-electron chi connectivity index (χ4n) is 3.12. The molecule has 0 aliphatic rings. The first-order valence-electron chi connectivity index (χ1n) is 9.31. The number of carbonyl (C=O) groups excluding carboxylic acids is 1. The maximum absolute atomic E-state index is 13.5. The molecule has 4 nitrogen and oxygen atoms in total. The lowest BCUT2D eigenvalue weighted by Crippen LogP contribution is -2.27. The van der Waals surface area contributed by atoms with Gasteiger partial charge in [0.1, 0.15) is 11.5 Å². The van der Waals surface area contributed by atoms with Gasteiger partial charge in [-0.1, -0.05) is 30.3 Å². The molecule has 1 N–H and O–H groups in total. The fourth-order valence-corrected chi connectivity index (χ4v) is 4.06. The predicted molar refractivity (Wildman–Crippen MR) is 113 cm³/mol. The van der Waals surface area contributed by atoms with Crippen molar-refractivity contribution in [2.24, 2.45) is 0 Å². The number of halogens is 1. The number of fused-ring (bicyclic) bond motifs is 1. The number of nitrogens with zero attached hydrogens (tertiary/aromatic N) is 2. The van der Waals surface area contributed by atoms with Crippen LogP contribution in [0.1, 0.15) is 34.6 Å². The van der Waals surface area contributed by atoms with E-state index in [1.807, 2.05) is 60.1 Å². The summed E-state index contributed by atoms with van der Waals surface area (Å²) >= 11 is 1.57. The number of nitrogens with one attached hydrogen (secondary N) is 1. The van der Waals surface area contributed by atoms with E-state index in [0.29, 0.717) is 11.3 Å². The van der Waals surface area contributed by atoms with E-state index in [1.165, 1.54) is 12.1 Å². The van der Waals surface area contributed by atoms with E-state index in [9.17, 15) is 9.18 Å². The second-order valence-electron chi connectivity index (χ2n) is 6.73. The van der Waals surface area contributed by atoms with Crippen molar-refractivity contribution in [1.82, 2.24) is 14.7 Å². The van der Waals surface area contributed by atoms with Gasteiger partial charge in [0, 0.05) is 23.0 Å². The normalized spacial score (nSPS) is 12.1. The third kappa shape index (κ3) is 4.49. The Labute approximate surface area is 172 Å². The summed E-state index contributed by atoms with van der Waals surface area (Å²) in [4.78, 5) is 18.3. The second-order valence-corrected chi connectivity index (χ2v) is 7.75. The molecule has 0 saturated heterocycles. The molecule has 1 unspecified atom stereocenters. The Morgan fingerprint density at radius 1 is 1.14 bits per heavy atom. The van der Waals surface area contributed by atoms with Gasteiger partial charge in [0.15, 0.2) is 0 Å². The number of thioether (sulfide) groups is 1. The number of hydrogen-bond donors (Lipinski definition) is 1. The quantitative estimate of drug-likeness (QED) is 0.445. The van der Waals surface area contributed by atoms with Gasteiger partial charge in [-0.05, 0) is 48.9 Å². The third-order valence-electron chi connectivity index (χ3n) is 4.62. The molecule has 0 saturated carbocycles. The predicted octanol–water partition coefficient (Wildman–Crippen LogP) is 5.26. The van der Waals surface area contributed by atoms with Crippen LogP contribution in [0.25, 0.3) is 5.65 Å². The topological polar surface area (TPSA) is 46.4 Å². The Balaban J connectivity index is 1.47. The lowest BCUT2D eigenvalue weighted by molar-refractivity contribution is 0.0937. The van der Waals surface area contributed by atoms with Gasteiger partial charge in [-0.25, -0.2) is 9.37 Å². The lowest BCUT2D eigenvalue weighted by atomic mass is 10.1. The van der Waals surface area contributed by atoms with E-state index in [4.69, 9.17) is 0 Å². The summed E-state index contributed by atoms with van der Waals surface area (Å²) in [5.41, 5.74) is 3.18. The van der Waals surface area contributed by atoms with Crippen LogP contribution in [0.3, 0.4) is 0 Å². The Bertz CT molecular complexity index is 1120. The summed E-state index contributed by atoms with van der Waals surface area (Å²) in [5.74, 6) is 0.165. The number of pyridine rings is 1. The molecule has 4 rings (SSSR count). The number of carbonyl (C=O) groups is 1. The van der Waals surface area contributed by atoms with Crippen molar-refractivity contribution in [3.8, 4) is 0 Å². The molecular weight excluding hydrogens is 385 g/mol. The first-order valence-corrected chi connectivity index (χ1v) is 10.3. The van der Waals surface area contributed by atoms with Crippen LogP contribution >= 0.6 is 11.8 Å². The highest BCUT2D eigenvalue weighted by molar-refractivity contribution is 7.98. The minimum atomic E-state index is -0.313. The zero-order valence-corrected chi connectivity index (χ0v) is 16.7. The molecule has 2 aromatic carbocycles. The summed E-state index contributed by atoms with van der Waals surface area (Å²) < 4.78 is 15.4. The molecule has 0 spiro atoms. The number of hydrogen-bond acceptors (Lipinski definition) is 3. The number of amides is 1. The first kappa shape index (κ1) is 19.2. The van der Waals surface area contributed by atoms with Gasteiger partial charge in [-0.15, -0.1) is 11.8 Å².